The first-order valence-electron chi connectivity index (χ1n) is 5.11. The molecule has 0 aliphatic carbocycles. The summed E-state index contributed by atoms with van der Waals surface area (Å²) in [5.74, 6) is 5.45. The summed E-state index contributed by atoms with van der Waals surface area (Å²) in [5.41, 5.74) is 1.97. The molecule has 8 nitrogen and oxygen atoms in total. The summed E-state index contributed by atoms with van der Waals surface area (Å²) in [7, 11) is 0. The van der Waals surface area contributed by atoms with Crippen LogP contribution in [-0.2, 0) is 0 Å². The van der Waals surface area contributed by atoms with Gasteiger partial charge in [-0.3, -0.25) is 10.1 Å². The van der Waals surface area contributed by atoms with Crippen molar-refractivity contribution in [3.05, 3.63) is 44.7 Å². The number of ether oxygens (including phenoxy) is 1. The molecule has 1 heterocycles. The Kier molecular flexibility index (Phi) is 4.18. The highest BCUT2D eigenvalue weighted by Crippen LogP contribution is 2.37. The first-order valence-corrected chi connectivity index (χ1v) is 5.87. The van der Waals surface area contributed by atoms with Gasteiger partial charge in [0.1, 0.15) is 12.1 Å². The van der Waals surface area contributed by atoms with Gasteiger partial charge in [0.2, 0.25) is 11.6 Å². The van der Waals surface area contributed by atoms with Gasteiger partial charge in [0.15, 0.2) is 0 Å². The van der Waals surface area contributed by atoms with E-state index >= 15 is 0 Å². The Morgan fingerprint density at radius 1 is 1.25 bits per heavy atom. The van der Waals surface area contributed by atoms with Gasteiger partial charge in [-0.05, 0) is 0 Å². The van der Waals surface area contributed by atoms with Crippen LogP contribution < -0.4 is 16.0 Å². The number of nitrogens with two attached hydrogens (primary N) is 1. The lowest BCUT2D eigenvalue weighted by Crippen LogP contribution is -2.08. The molecule has 0 atom stereocenters. The average Bonchev–Trinajstić information content (AvgIpc) is 2.42. The highest BCUT2D eigenvalue weighted by Gasteiger charge is 2.19. The second-order valence-electron chi connectivity index (χ2n) is 3.48. The average molecular weight is 316 g/mol. The first kappa shape index (κ1) is 14.3. The lowest BCUT2D eigenvalue weighted by Gasteiger charge is -2.07. The fraction of sp³-hybridized carbons (Fsp3) is 0. The Hall–Kier alpha value is -2.16. The number of hydrogen-bond donors (Lipinski definition) is 2. The van der Waals surface area contributed by atoms with Crippen LogP contribution in [-0.4, -0.2) is 14.9 Å². The molecule has 0 amide bonds. The molecule has 20 heavy (non-hydrogen) atoms. The van der Waals surface area contributed by atoms with E-state index in [-0.39, 0.29) is 33.2 Å². The van der Waals surface area contributed by atoms with Crippen molar-refractivity contribution in [3.63, 3.8) is 0 Å². The van der Waals surface area contributed by atoms with Gasteiger partial charge in [0.25, 0.3) is 0 Å². The number of halogens is 2. The maximum atomic E-state index is 11.0. The molecule has 0 aliphatic heterocycles. The zero-order valence-electron chi connectivity index (χ0n) is 9.71. The van der Waals surface area contributed by atoms with Crippen LogP contribution in [0.4, 0.5) is 11.5 Å². The van der Waals surface area contributed by atoms with Crippen LogP contribution in [0.15, 0.2) is 24.5 Å². The normalized spacial score (nSPS) is 10.2. The van der Waals surface area contributed by atoms with Crippen LogP contribution in [0.1, 0.15) is 0 Å². The number of nitro benzene ring substituents is 1. The number of hydrazine groups is 1. The van der Waals surface area contributed by atoms with Crippen molar-refractivity contribution in [2.75, 3.05) is 5.43 Å². The predicted molar refractivity (Wildman–Crippen MR) is 73.0 cm³/mol. The Morgan fingerprint density at radius 2 is 1.95 bits per heavy atom. The number of aromatic nitrogens is 2. The fourth-order valence-corrected chi connectivity index (χ4v) is 1.64. The largest absolute Gasteiger partial charge is 0.432 e. The molecule has 3 N–H and O–H groups in total. The SMILES string of the molecule is NNc1cc(Oc2cc(Cl)c(Cl)cc2[N+](=O)[O-])ncn1. The maximum Gasteiger partial charge on any atom is 0.313 e. The maximum absolute atomic E-state index is 11.0. The standard InChI is InChI=1S/C10H7Cl2N5O3/c11-5-1-7(17(18)19)8(2-6(5)12)20-10-3-9(16-13)14-4-15-10/h1-4H,13H2,(H,14,15,16). The molecular weight excluding hydrogens is 309 g/mol. The van der Waals surface area contributed by atoms with E-state index in [4.69, 9.17) is 33.8 Å². The van der Waals surface area contributed by atoms with Crippen molar-refractivity contribution in [1.29, 1.82) is 0 Å². The quantitative estimate of drug-likeness (QED) is 0.506. The second kappa shape index (κ2) is 5.87. The van der Waals surface area contributed by atoms with Crippen LogP contribution >= 0.6 is 23.2 Å². The van der Waals surface area contributed by atoms with E-state index in [1.807, 2.05) is 0 Å². The van der Waals surface area contributed by atoms with Crippen molar-refractivity contribution < 1.29 is 9.66 Å². The Labute approximate surface area is 122 Å². The highest BCUT2D eigenvalue weighted by molar-refractivity contribution is 6.42. The summed E-state index contributed by atoms with van der Waals surface area (Å²) >= 11 is 11.6. The third-order valence-corrected chi connectivity index (χ3v) is 2.93. The van der Waals surface area contributed by atoms with Gasteiger partial charge in [-0.1, -0.05) is 23.2 Å². The molecule has 0 bridgehead atoms. The van der Waals surface area contributed by atoms with Gasteiger partial charge < -0.3 is 10.2 Å². The molecular formula is C10H7Cl2N5O3. The minimum Gasteiger partial charge on any atom is -0.432 e. The minimum absolute atomic E-state index is 0.0534. The molecule has 2 rings (SSSR count). The van der Waals surface area contributed by atoms with Gasteiger partial charge in [-0.2, -0.15) is 0 Å². The fourth-order valence-electron chi connectivity index (χ4n) is 1.33. The Bertz CT molecular complexity index is 667. The Morgan fingerprint density at radius 3 is 2.60 bits per heavy atom. The lowest BCUT2D eigenvalue weighted by atomic mass is 10.3. The van der Waals surface area contributed by atoms with Crippen molar-refractivity contribution in [3.8, 4) is 11.6 Å². The molecule has 10 heteroatoms. The molecule has 0 fully saturated rings. The molecule has 0 spiro atoms. The number of nitrogens with zero attached hydrogens (tertiary/aromatic N) is 3. The van der Waals surface area contributed by atoms with Crippen LogP contribution in [0.2, 0.25) is 10.0 Å². The van der Waals surface area contributed by atoms with Gasteiger partial charge in [-0.25, -0.2) is 15.8 Å². The van der Waals surface area contributed by atoms with Crippen LogP contribution in [0.5, 0.6) is 11.6 Å². The third kappa shape index (κ3) is 3.05. The molecule has 0 saturated carbocycles. The number of rotatable bonds is 4. The van der Waals surface area contributed by atoms with E-state index in [2.05, 4.69) is 15.4 Å². The van der Waals surface area contributed by atoms with Crippen molar-refractivity contribution in [1.82, 2.24) is 9.97 Å². The lowest BCUT2D eigenvalue weighted by molar-refractivity contribution is -0.385. The summed E-state index contributed by atoms with van der Waals surface area (Å²) in [6, 6.07) is 3.70. The van der Waals surface area contributed by atoms with Crippen LogP contribution in [0.25, 0.3) is 0 Å². The number of nitro groups is 1. The molecule has 0 unspecified atom stereocenters. The first-order chi connectivity index (χ1) is 9.51. The summed E-state index contributed by atoms with van der Waals surface area (Å²) in [6.45, 7) is 0. The molecule has 2 aromatic rings. The zero-order valence-corrected chi connectivity index (χ0v) is 11.2. The van der Waals surface area contributed by atoms with Crippen molar-refractivity contribution in [2.24, 2.45) is 5.84 Å². The van der Waals surface area contributed by atoms with Crippen molar-refractivity contribution >= 4 is 34.7 Å². The Balaban J connectivity index is 2.41. The number of nitrogens with one attached hydrogen (secondary N) is 1. The predicted octanol–water partition coefficient (Wildman–Crippen LogP) is 2.77. The minimum atomic E-state index is -0.638. The van der Waals surface area contributed by atoms with Crippen molar-refractivity contribution in [2.45, 2.75) is 0 Å². The van der Waals surface area contributed by atoms with Gasteiger partial charge >= 0.3 is 5.69 Å². The van der Waals surface area contributed by atoms with Crippen LogP contribution in [0, 0.1) is 10.1 Å². The van der Waals surface area contributed by atoms with Gasteiger partial charge in [0.05, 0.1) is 15.0 Å². The summed E-state index contributed by atoms with van der Waals surface area (Å²) in [4.78, 5) is 17.9. The summed E-state index contributed by atoms with van der Waals surface area (Å²) < 4.78 is 5.32. The van der Waals surface area contributed by atoms with E-state index in [1.165, 1.54) is 18.5 Å². The molecule has 1 aromatic carbocycles. The molecule has 1 aromatic heterocycles. The summed E-state index contributed by atoms with van der Waals surface area (Å²) in [6.07, 6.45) is 1.19. The van der Waals surface area contributed by atoms with E-state index < -0.39 is 4.92 Å². The van der Waals surface area contributed by atoms with Gasteiger partial charge in [0, 0.05) is 18.2 Å². The molecule has 0 aliphatic rings. The number of benzene rings is 1. The van der Waals surface area contributed by atoms with E-state index in [9.17, 15) is 10.1 Å². The van der Waals surface area contributed by atoms with E-state index in [0.29, 0.717) is 0 Å². The van der Waals surface area contributed by atoms with Crippen LogP contribution in [0.3, 0.4) is 0 Å². The smallest absolute Gasteiger partial charge is 0.313 e. The van der Waals surface area contributed by atoms with Gasteiger partial charge in [-0.15, -0.1) is 0 Å². The zero-order chi connectivity index (χ0) is 14.7. The summed E-state index contributed by atoms with van der Waals surface area (Å²) in [5, 5.41) is 11.1. The number of nitrogen functional groups attached to an aromatic ring is 1. The third-order valence-electron chi connectivity index (χ3n) is 2.20. The van der Waals surface area contributed by atoms with E-state index in [0.717, 1.165) is 6.07 Å². The number of hydrogen-bond acceptors (Lipinski definition) is 7. The topological polar surface area (TPSA) is 116 Å². The molecule has 0 radical (unpaired) electrons. The molecule has 0 saturated heterocycles. The molecule has 104 valence electrons. The monoisotopic (exact) mass is 315 g/mol. The van der Waals surface area contributed by atoms with E-state index in [1.54, 1.807) is 0 Å². The second-order valence-corrected chi connectivity index (χ2v) is 4.29. The highest BCUT2D eigenvalue weighted by atomic mass is 35.5. The number of anilines is 1.